The van der Waals surface area contributed by atoms with E-state index < -0.39 is 0 Å². The molecule has 0 atom stereocenters. The molecule has 0 N–H and O–H groups in total. The molecule has 29 aromatic rings. The molecule has 0 aliphatic carbocycles. The molecular weight excluding hydrogens is 1790 g/mol. The Morgan fingerprint density at radius 1 is 0.130 bits per heavy atom. The molecule has 0 bridgehead atoms. The van der Waals surface area contributed by atoms with E-state index in [0.717, 1.165) is 176 Å². The van der Waals surface area contributed by atoms with E-state index in [0.29, 0.717) is 63.8 Å². The molecule has 0 aliphatic rings. The van der Waals surface area contributed by atoms with Crippen molar-refractivity contribution >= 4 is 151 Å². The molecule has 0 amide bonds. The van der Waals surface area contributed by atoms with Crippen LogP contribution in [-0.4, -0.2) is 94.7 Å². The zero-order valence-electron chi connectivity index (χ0n) is 77.8. The number of hydrogen-bond donors (Lipinski definition) is 0. The molecule has 678 valence electrons. The maximum Gasteiger partial charge on any atom is 0.182 e. The molecule has 0 fully saturated rings. The summed E-state index contributed by atoms with van der Waals surface area (Å²) in [5.74, 6) is 4.79. The van der Waals surface area contributed by atoms with Crippen molar-refractivity contribution < 1.29 is 0 Å². The molecule has 16 aromatic carbocycles. The van der Waals surface area contributed by atoms with Crippen LogP contribution in [-0.2, 0) is 0 Å². The van der Waals surface area contributed by atoms with E-state index in [1.165, 1.54) is 48.5 Å². The Balaban J connectivity index is 0.000000109. The number of benzene rings is 16. The van der Waals surface area contributed by atoms with Crippen LogP contribution in [0.25, 0.3) is 288 Å². The largest absolute Gasteiger partial charge is 0.264 e. The first-order valence-corrected chi connectivity index (χ1v) is 48.1. The lowest BCUT2D eigenvalue weighted by molar-refractivity contribution is 1.05. The van der Waals surface area contributed by atoms with Crippen molar-refractivity contribution in [1.29, 1.82) is 0 Å². The van der Waals surface area contributed by atoms with E-state index in [4.69, 9.17) is 74.8 Å². The van der Waals surface area contributed by atoms with Crippen molar-refractivity contribution in [1.82, 2.24) is 94.7 Å². The van der Waals surface area contributed by atoms with E-state index in [2.05, 4.69) is 317 Å². The summed E-state index contributed by atoms with van der Waals surface area (Å²) in [6, 6.07) is 137. The molecule has 29 rings (SSSR count). The van der Waals surface area contributed by atoms with E-state index in [9.17, 15) is 0 Å². The molecule has 146 heavy (non-hydrogen) atoms. The fraction of sp³-hybridized carbons (Fsp3) is 0. The number of rotatable bonds is 12. The predicted molar refractivity (Wildman–Crippen MR) is 588 cm³/mol. The number of nitrogens with zero attached hydrogens (tertiary/aromatic N) is 19. The summed E-state index contributed by atoms with van der Waals surface area (Å²) in [6.45, 7) is 0. The molecular formula is C127H75N19. The Labute approximate surface area is 833 Å². The highest BCUT2D eigenvalue weighted by Gasteiger charge is 2.27. The van der Waals surface area contributed by atoms with Crippen molar-refractivity contribution in [3.05, 3.63) is 456 Å². The quantitative estimate of drug-likeness (QED) is 0.103. The van der Waals surface area contributed by atoms with Gasteiger partial charge in [-0.05, 0) is 137 Å². The maximum absolute atomic E-state index is 5.29. The average Bonchev–Trinajstić information content (AvgIpc) is 0.734. The van der Waals surface area contributed by atoms with Gasteiger partial charge in [0.2, 0.25) is 0 Å². The number of aromatic nitrogens is 19. The van der Waals surface area contributed by atoms with Gasteiger partial charge in [0.1, 0.15) is 11.4 Å². The molecule has 0 saturated heterocycles. The summed E-state index contributed by atoms with van der Waals surface area (Å²) in [7, 11) is 0. The summed E-state index contributed by atoms with van der Waals surface area (Å²) in [5, 5.41) is 27.5. The van der Waals surface area contributed by atoms with Crippen LogP contribution in [0.5, 0.6) is 0 Å². The molecule has 19 nitrogen and oxygen atoms in total. The Kier molecular flexibility index (Phi) is 21.0. The van der Waals surface area contributed by atoms with E-state index in [1.54, 1.807) is 37.2 Å². The van der Waals surface area contributed by atoms with Crippen LogP contribution in [0.1, 0.15) is 0 Å². The van der Waals surface area contributed by atoms with Gasteiger partial charge >= 0.3 is 0 Å². The molecule has 0 aliphatic heterocycles. The monoisotopic (exact) mass is 1870 g/mol. The van der Waals surface area contributed by atoms with Crippen molar-refractivity contribution in [2.45, 2.75) is 0 Å². The minimum absolute atomic E-state index is 0.466. The van der Waals surface area contributed by atoms with Crippen molar-refractivity contribution in [2.75, 3.05) is 0 Å². The number of fused-ring (bicyclic) bond motifs is 20. The van der Waals surface area contributed by atoms with Gasteiger partial charge in [-0.3, -0.25) is 34.9 Å². The van der Waals surface area contributed by atoms with Crippen LogP contribution in [0.2, 0.25) is 0 Å². The molecule has 0 saturated carbocycles. The molecule has 0 unspecified atom stereocenters. The Hall–Kier alpha value is -20.3. The first-order chi connectivity index (χ1) is 72.4. The van der Waals surface area contributed by atoms with E-state index in [1.807, 2.05) is 122 Å². The van der Waals surface area contributed by atoms with Crippen molar-refractivity contribution in [2.24, 2.45) is 0 Å². The lowest BCUT2D eigenvalue weighted by Crippen LogP contribution is -2.03. The Morgan fingerprint density at radius 3 is 0.733 bits per heavy atom. The molecule has 13 aromatic heterocycles. The normalized spacial score (nSPS) is 11.6. The second kappa shape index (κ2) is 36.2. The minimum Gasteiger partial charge on any atom is -0.264 e. The lowest BCUT2D eigenvalue weighted by Gasteiger charge is -2.15. The molecule has 0 radical (unpaired) electrons. The van der Waals surface area contributed by atoms with Gasteiger partial charge in [0.05, 0.1) is 50.7 Å². The van der Waals surface area contributed by atoms with Gasteiger partial charge in [0.25, 0.3) is 0 Å². The van der Waals surface area contributed by atoms with Gasteiger partial charge in [-0.1, -0.05) is 334 Å². The highest BCUT2D eigenvalue weighted by atomic mass is 15.1. The lowest BCUT2D eigenvalue weighted by atomic mass is 9.95. The number of para-hydroxylation sites is 3. The molecule has 13 heterocycles. The topological polar surface area (TPSA) is 245 Å². The highest BCUT2D eigenvalue weighted by Crippen LogP contribution is 2.47. The fourth-order valence-corrected chi connectivity index (χ4v) is 20.4. The third kappa shape index (κ3) is 15.1. The Morgan fingerprint density at radius 2 is 0.397 bits per heavy atom. The average molecular weight is 1870 g/mol. The SMILES string of the molecule is c1ccc(-c2nc(-c3ccccn3)nc(-c3cnc(-c4nc5ccccc5c5c4ccc4ccccc45)c4ccccc34)n2)nc1.c1ccc2c(-c3nc(-c4cccc5ccccc45)nc(-c4cnc(-c5nc6ccccc6c6c5ccc5ccccc56)c5ccccc45)n3)cccc2c1.c1cncc(-c2nc(-c3cccnc3)nc(-c3cnc(-c4nc5ccccc5c5c4ccc4ccccc45)c4ccccc34)n2)c1. The van der Waals surface area contributed by atoms with Crippen LogP contribution in [0.15, 0.2) is 456 Å². The van der Waals surface area contributed by atoms with Crippen LogP contribution >= 0.6 is 0 Å². The van der Waals surface area contributed by atoms with Crippen molar-refractivity contribution in [3.63, 3.8) is 0 Å². The van der Waals surface area contributed by atoms with E-state index >= 15 is 0 Å². The second-order valence-electron chi connectivity index (χ2n) is 35.6. The van der Waals surface area contributed by atoms with Gasteiger partial charge < -0.3 is 0 Å². The van der Waals surface area contributed by atoms with Crippen LogP contribution in [0.4, 0.5) is 0 Å². The first-order valence-electron chi connectivity index (χ1n) is 48.1. The predicted octanol–water partition coefficient (Wildman–Crippen LogP) is 29.7. The van der Waals surface area contributed by atoms with Gasteiger partial charge in [0.15, 0.2) is 52.4 Å². The Bertz CT molecular complexity index is 9690. The summed E-state index contributed by atoms with van der Waals surface area (Å²) in [6.07, 6.45) is 16.1. The van der Waals surface area contributed by atoms with Gasteiger partial charge in [0, 0.05) is 159 Å². The van der Waals surface area contributed by atoms with Crippen molar-refractivity contribution in [3.8, 4) is 137 Å². The van der Waals surface area contributed by atoms with E-state index in [-0.39, 0.29) is 0 Å². The summed E-state index contributed by atoms with van der Waals surface area (Å²) < 4.78 is 0. The van der Waals surface area contributed by atoms with Gasteiger partial charge in [-0.15, -0.1) is 0 Å². The minimum atomic E-state index is 0.466. The summed E-state index contributed by atoms with van der Waals surface area (Å²) in [5.41, 5.74) is 14.9. The second-order valence-corrected chi connectivity index (χ2v) is 35.6. The zero-order chi connectivity index (χ0) is 96.5. The summed E-state index contributed by atoms with van der Waals surface area (Å²) >= 11 is 0. The third-order valence-electron chi connectivity index (χ3n) is 27.1. The van der Waals surface area contributed by atoms with Crippen LogP contribution in [0, 0.1) is 0 Å². The van der Waals surface area contributed by atoms with Gasteiger partial charge in [-0.2, -0.15) is 0 Å². The summed E-state index contributed by atoms with van der Waals surface area (Å²) in [4.78, 5) is 93.7. The standard InChI is InChI=1S/C49H29N5.2C39H23N7/c1-4-18-33-30(13-1)16-11-24-38(33)47-52-48(39-25-12-17-31-14-2-5-19-34(31)39)54-49(53-47)42-29-50-45(37-22-8-7-21-36(37)42)46-41-28-27-32-15-3-6-20-35(32)44(41)40-23-9-10-26-43(40)51-46;1-2-12-25-24(11-1)19-20-29-34(25)28-15-5-6-16-31(28)43-36(29)35-27-14-4-3-13-26(27)30(23-42-35)37-44-38(32-17-7-9-21-40-32)46-39(45-37)33-18-8-10-22-41-33;1-2-12-27-24(9-1)17-18-31-34(27)30-15-5-6-16-33(30)43-36(31)35-29-14-4-3-13-28(29)32(23-42-35)39-45-37(25-10-7-19-40-21-25)44-38(46-39)26-11-8-20-41-22-26/h1-29H;2*1-23H. The first kappa shape index (κ1) is 84.9. The zero-order valence-corrected chi connectivity index (χ0v) is 77.8. The smallest absolute Gasteiger partial charge is 0.182 e. The highest BCUT2D eigenvalue weighted by molar-refractivity contribution is 6.27. The number of pyridine rings is 10. The third-order valence-corrected chi connectivity index (χ3v) is 27.1. The van der Waals surface area contributed by atoms with Crippen LogP contribution in [0.3, 0.4) is 0 Å². The molecule has 0 spiro atoms. The molecule has 19 heteroatoms. The fourth-order valence-electron chi connectivity index (χ4n) is 20.4. The number of hydrogen-bond acceptors (Lipinski definition) is 19. The van der Waals surface area contributed by atoms with Crippen LogP contribution < -0.4 is 0 Å². The maximum atomic E-state index is 5.29. The van der Waals surface area contributed by atoms with Gasteiger partial charge in [-0.25, -0.2) is 59.8 Å².